The molecule has 0 unspecified atom stereocenters. The zero-order valence-corrected chi connectivity index (χ0v) is 10.7. The molecule has 2 rings (SSSR count). The van der Waals surface area contributed by atoms with Crippen LogP contribution in [-0.2, 0) is 17.9 Å². The van der Waals surface area contributed by atoms with Gasteiger partial charge < -0.3 is 15.0 Å². The van der Waals surface area contributed by atoms with Crippen molar-refractivity contribution < 1.29 is 9.90 Å². The normalized spacial score (nSPS) is 11.1. The summed E-state index contributed by atoms with van der Waals surface area (Å²) >= 11 is 0. The first-order valence-electron chi connectivity index (χ1n) is 6.08. The number of carbonyl (C=O) groups is 1. The van der Waals surface area contributed by atoms with Crippen molar-refractivity contribution in [3.05, 3.63) is 36.0 Å². The van der Waals surface area contributed by atoms with Gasteiger partial charge in [-0.15, -0.1) is 0 Å². The lowest BCUT2D eigenvalue weighted by Gasteiger charge is -2.10. The van der Waals surface area contributed by atoms with Crippen LogP contribution in [0.2, 0.25) is 0 Å². The number of hydrogen-bond donors (Lipinski definition) is 2. The molecule has 4 nitrogen and oxygen atoms in total. The van der Waals surface area contributed by atoms with E-state index in [-0.39, 0.29) is 18.6 Å². The Balaban J connectivity index is 2.27. The minimum atomic E-state index is -0.00287. The second-order valence-electron chi connectivity index (χ2n) is 4.67. The van der Waals surface area contributed by atoms with Crippen molar-refractivity contribution in [1.82, 2.24) is 9.88 Å². The first kappa shape index (κ1) is 12.6. The van der Waals surface area contributed by atoms with Crippen molar-refractivity contribution in [2.75, 3.05) is 0 Å². The highest BCUT2D eigenvalue weighted by Gasteiger charge is 2.08. The fraction of sp³-hybridized carbons (Fsp3) is 0.357. The van der Waals surface area contributed by atoms with Crippen LogP contribution in [0.4, 0.5) is 0 Å². The lowest BCUT2D eigenvalue weighted by molar-refractivity contribution is -0.122. The van der Waals surface area contributed by atoms with Crippen LogP contribution in [0.3, 0.4) is 0 Å². The molecule has 0 aliphatic heterocycles. The van der Waals surface area contributed by atoms with Crippen molar-refractivity contribution in [3.63, 3.8) is 0 Å². The van der Waals surface area contributed by atoms with Crippen LogP contribution in [0.15, 0.2) is 30.5 Å². The van der Waals surface area contributed by atoms with E-state index in [0.29, 0.717) is 6.54 Å². The van der Waals surface area contributed by atoms with E-state index < -0.39 is 0 Å². The molecule has 0 radical (unpaired) electrons. The first-order valence-corrected chi connectivity index (χ1v) is 6.08. The van der Waals surface area contributed by atoms with Gasteiger partial charge in [-0.25, -0.2) is 0 Å². The molecule has 1 aromatic carbocycles. The van der Waals surface area contributed by atoms with Crippen LogP contribution in [0.1, 0.15) is 19.4 Å². The Morgan fingerprint density at radius 3 is 2.83 bits per heavy atom. The average molecular weight is 246 g/mol. The molecule has 1 heterocycles. The van der Waals surface area contributed by atoms with Gasteiger partial charge in [-0.3, -0.25) is 4.79 Å². The molecule has 0 spiro atoms. The number of carbonyl (C=O) groups excluding carboxylic acids is 1. The van der Waals surface area contributed by atoms with Crippen molar-refractivity contribution in [3.8, 4) is 0 Å². The van der Waals surface area contributed by atoms with E-state index in [1.54, 1.807) is 0 Å². The van der Waals surface area contributed by atoms with Crippen LogP contribution in [0.25, 0.3) is 10.9 Å². The maximum atomic E-state index is 11.7. The largest absolute Gasteiger partial charge is 0.392 e. The number of aromatic nitrogens is 1. The molecule has 0 bridgehead atoms. The van der Waals surface area contributed by atoms with E-state index in [2.05, 4.69) is 5.32 Å². The number of aliphatic hydroxyl groups excluding tert-OH is 1. The monoisotopic (exact) mass is 246 g/mol. The van der Waals surface area contributed by atoms with Gasteiger partial charge in [0.2, 0.25) is 5.91 Å². The molecule has 4 heteroatoms. The summed E-state index contributed by atoms with van der Waals surface area (Å²) in [5.41, 5.74) is 1.86. The Labute approximate surface area is 106 Å². The van der Waals surface area contributed by atoms with Gasteiger partial charge >= 0.3 is 0 Å². The zero-order chi connectivity index (χ0) is 13.1. The number of amides is 1. The van der Waals surface area contributed by atoms with Gasteiger partial charge in [-0.2, -0.15) is 0 Å². The molecule has 0 aliphatic rings. The van der Waals surface area contributed by atoms with Crippen LogP contribution in [-0.4, -0.2) is 21.6 Å². The van der Waals surface area contributed by atoms with Gasteiger partial charge in [-0.05, 0) is 31.5 Å². The lowest BCUT2D eigenvalue weighted by Crippen LogP contribution is -2.32. The predicted molar refractivity (Wildman–Crippen MR) is 71.1 cm³/mol. The lowest BCUT2D eigenvalue weighted by atomic mass is 10.1. The third-order valence-corrected chi connectivity index (χ3v) is 2.84. The van der Waals surface area contributed by atoms with Crippen LogP contribution < -0.4 is 5.32 Å². The summed E-state index contributed by atoms with van der Waals surface area (Å²) in [4.78, 5) is 11.7. The molecule has 0 aliphatic carbocycles. The molecular weight excluding hydrogens is 228 g/mol. The quantitative estimate of drug-likeness (QED) is 0.862. The Kier molecular flexibility index (Phi) is 3.67. The summed E-state index contributed by atoms with van der Waals surface area (Å²) in [6.07, 6.45) is 1.88. The van der Waals surface area contributed by atoms with Gasteiger partial charge in [0.1, 0.15) is 6.54 Å². The molecule has 2 aromatic rings. The van der Waals surface area contributed by atoms with Gasteiger partial charge in [0.25, 0.3) is 0 Å². The second kappa shape index (κ2) is 5.23. The topological polar surface area (TPSA) is 54.3 Å². The number of benzene rings is 1. The van der Waals surface area contributed by atoms with E-state index in [1.807, 2.05) is 48.9 Å². The van der Waals surface area contributed by atoms with Gasteiger partial charge in [0, 0.05) is 23.1 Å². The minimum absolute atomic E-state index is 0.00287. The number of hydrogen-bond acceptors (Lipinski definition) is 2. The molecule has 1 aromatic heterocycles. The number of aliphatic hydroxyl groups is 1. The smallest absolute Gasteiger partial charge is 0.240 e. The average Bonchev–Trinajstić information content (AvgIpc) is 2.71. The van der Waals surface area contributed by atoms with Crippen molar-refractivity contribution in [1.29, 1.82) is 0 Å². The fourth-order valence-corrected chi connectivity index (χ4v) is 2.09. The molecule has 0 saturated heterocycles. The molecule has 96 valence electrons. The molecule has 1 amide bonds. The summed E-state index contributed by atoms with van der Waals surface area (Å²) in [5.74, 6) is -0.00287. The van der Waals surface area contributed by atoms with Crippen molar-refractivity contribution in [2.45, 2.75) is 33.0 Å². The standard InChI is InChI=1S/C14H18N2O2/c1-10(2)15-14(18)8-16-7-6-12-11(9-17)4-3-5-13(12)16/h3-7,10,17H,8-9H2,1-2H3,(H,15,18). The van der Waals surface area contributed by atoms with E-state index in [1.165, 1.54) is 0 Å². The maximum absolute atomic E-state index is 11.7. The van der Waals surface area contributed by atoms with Crippen molar-refractivity contribution in [2.24, 2.45) is 0 Å². The second-order valence-corrected chi connectivity index (χ2v) is 4.67. The summed E-state index contributed by atoms with van der Waals surface area (Å²) in [6.45, 7) is 4.20. The fourth-order valence-electron chi connectivity index (χ4n) is 2.09. The van der Waals surface area contributed by atoms with Crippen LogP contribution in [0.5, 0.6) is 0 Å². The highest BCUT2D eigenvalue weighted by molar-refractivity contribution is 5.85. The van der Waals surface area contributed by atoms with E-state index in [9.17, 15) is 9.90 Å². The van der Waals surface area contributed by atoms with Crippen molar-refractivity contribution >= 4 is 16.8 Å². The van der Waals surface area contributed by atoms with E-state index >= 15 is 0 Å². The molecule has 0 saturated carbocycles. The number of nitrogens with zero attached hydrogens (tertiary/aromatic N) is 1. The first-order chi connectivity index (χ1) is 8.61. The molecule has 0 atom stereocenters. The van der Waals surface area contributed by atoms with Gasteiger partial charge in [-0.1, -0.05) is 12.1 Å². The highest BCUT2D eigenvalue weighted by Crippen LogP contribution is 2.20. The minimum Gasteiger partial charge on any atom is -0.392 e. The Morgan fingerprint density at radius 1 is 1.39 bits per heavy atom. The Bertz CT molecular complexity index is 558. The molecular formula is C14H18N2O2. The van der Waals surface area contributed by atoms with E-state index in [0.717, 1.165) is 16.5 Å². The third kappa shape index (κ3) is 2.54. The number of nitrogens with one attached hydrogen (secondary N) is 1. The van der Waals surface area contributed by atoms with E-state index in [4.69, 9.17) is 0 Å². The summed E-state index contributed by atoms with van der Waals surface area (Å²) in [5, 5.41) is 13.1. The van der Waals surface area contributed by atoms with Gasteiger partial charge in [0.05, 0.1) is 6.61 Å². The highest BCUT2D eigenvalue weighted by atomic mass is 16.3. The molecule has 0 fully saturated rings. The molecule has 2 N–H and O–H groups in total. The summed E-state index contributed by atoms with van der Waals surface area (Å²) < 4.78 is 1.90. The Morgan fingerprint density at radius 2 is 2.17 bits per heavy atom. The van der Waals surface area contributed by atoms with Gasteiger partial charge in [0.15, 0.2) is 0 Å². The number of fused-ring (bicyclic) bond motifs is 1. The Hall–Kier alpha value is -1.81. The zero-order valence-electron chi connectivity index (χ0n) is 10.7. The summed E-state index contributed by atoms with van der Waals surface area (Å²) in [6, 6.07) is 7.82. The maximum Gasteiger partial charge on any atom is 0.240 e. The molecule has 18 heavy (non-hydrogen) atoms. The predicted octanol–water partition coefficient (Wildman–Crippen LogP) is 1.66. The van der Waals surface area contributed by atoms with Crippen LogP contribution in [0, 0.1) is 0 Å². The number of rotatable bonds is 4. The SMILES string of the molecule is CC(C)NC(=O)Cn1ccc2c(CO)cccc21. The third-order valence-electron chi connectivity index (χ3n) is 2.84. The van der Waals surface area contributed by atoms with Crippen LogP contribution >= 0.6 is 0 Å². The summed E-state index contributed by atoms with van der Waals surface area (Å²) in [7, 11) is 0.